The van der Waals surface area contributed by atoms with Crippen molar-refractivity contribution in [1.29, 1.82) is 5.26 Å². The van der Waals surface area contributed by atoms with Crippen molar-refractivity contribution in [1.82, 2.24) is 15.3 Å². The van der Waals surface area contributed by atoms with Crippen molar-refractivity contribution in [3.63, 3.8) is 0 Å². The fourth-order valence-corrected chi connectivity index (χ4v) is 2.62. The summed E-state index contributed by atoms with van der Waals surface area (Å²) in [6.45, 7) is 2.03. The number of aromatic nitrogens is 2. The number of nitrogens with zero attached hydrogens (tertiary/aromatic N) is 3. The molecule has 0 atom stereocenters. The zero-order chi connectivity index (χ0) is 18.5. The number of carbonyl (C=O) groups excluding carboxylic acids is 1. The van der Waals surface area contributed by atoms with E-state index in [0.29, 0.717) is 11.4 Å². The third kappa shape index (κ3) is 3.93. The van der Waals surface area contributed by atoms with Crippen LogP contribution in [0.4, 0.5) is 0 Å². The summed E-state index contributed by atoms with van der Waals surface area (Å²) in [5.41, 5.74) is 5.06. The average molecular weight is 342 g/mol. The summed E-state index contributed by atoms with van der Waals surface area (Å²) in [4.78, 5) is 20.9. The zero-order valence-electron chi connectivity index (χ0n) is 14.7. The summed E-state index contributed by atoms with van der Waals surface area (Å²) >= 11 is 0. The summed E-state index contributed by atoms with van der Waals surface area (Å²) in [6, 6.07) is 19.3. The molecule has 26 heavy (non-hydrogen) atoms. The highest BCUT2D eigenvalue weighted by Crippen LogP contribution is 2.25. The van der Waals surface area contributed by atoms with Gasteiger partial charge in [-0.25, -0.2) is 9.97 Å². The van der Waals surface area contributed by atoms with Gasteiger partial charge in [0, 0.05) is 18.2 Å². The number of hydrogen-bond acceptors (Lipinski definition) is 4. The Balaban J connectivity index is 2.10. The Morgan fingerprint density at radius 2 is 1.73 bits per heavy atom. The Hall–Kier alpha value is -3.52. The number of likely N-dealkylation sites (N-methyl/N-ethyl adjacent to an activating group) is 1. The van der Waals surface area contributed by atoms with Crippen LogP contribution < -0.4 is 5.32 Å². The highest BCUT2D eigenvalue weighted by atomic mass is 16.1. The van der Waals surface area contributed by atoms with Crippen LogP contribution in [0.5, 0.6) is 0 Å². The van der Waals surface area contributed by atoms with Gasteiger partial charge in [-0.2, -0.15) is 5.26 Å². The fourth-order valence-electron chi connectivity index (χ4n) is 2.62. The Morgan fingerprint density at radius 3 is 2.35 bits per heavy atom. The lowest BCUT2D eigenvalue weighted by atomic mass is 10.0. The van der Waals surface area contributed by atoms with Crippen LogP contribution in [0.15, 0.2) is 54.6 Å². The first-order valence-electron chi connectivity index (χ1n) is 8.25. The minimum absolute atomic E-state index is 0.111. The SMILES string of the molecule is CNC(=O)Cc1nc(-c2ccc(C#N)cc2)cc(-c2cccc(C)c2)n1. The predicted molar refractivity (Wildman–Crippen MR) is 100 cm³/mol. The van der Waals surface area contributed by atoms with Crippen LogP contribution >= 0.6 is 0 Å². The van der Waals surface area contributed by atoms with Gasteiger partial charge in [-0.1, -0.05) is 35.9 Å². The van der Waals surface area contributed by atoms with E-state index in [1.807, 2.05) is 43.3 Å². The second kappa shape index (κ2) is 7.58. The average Bonchev–Trinajstić information content (AvgIpc) is 2.67. The topological polar surface area (TPSA) is 78.7 Å². The van der Waals surface area contributed by atoms with E-state index in [1.165, 1.54) is 0 Å². The molecule has 0 aliphatic carbocycles. The quantitative estimate of drug-likeness (QED) is 0.789. The van der Waals surface area contributed by atoms with E-state index in [1.54, 1.807) is 19.2 Å². The van der Waals surface area contributed by atoms with Crippen LogP contribution in [-0.4, -0.2) is 22.9 Å². The molecule has 128 valence electrons. The van der Waals surface area contributed by atoms with Gasteiger partial charge in [0.15, 0.2) is 0 Å². The lowest BCUT2D eigenvalue weighted by Crippen LogP contribution is -2.21. The van der Waals surface area contributed by atoms with E-state index in [2.05, 4.69) is 27.4 Å². The number of amides is 1. The van der Waals surface area contributed by atoms with Crippen LogP contribution in [0, 0.1) is 18.3 Å². The van der Waals surface area contributed by atoms with Crippen molar-refractivity contribution in [3.05, 3.63) is 71.5 Å². The van der Waals surface area contributed by atoms with Crippen molar-refractivity contribution in [3.8, 4) is 28.6 Å². The van der Waals surface area contributed by atoms with E-state index in [0.717, 1.165) is 28.1 Å². The number of benzene rings is 2. The van der Waals surface area contributed by atoms with Gasteiger partial charge in [-0.15, -0.1) is 0 Å². The third-order valence-corrected chi connectivity index (χ3v) is 3.99. The number of aryl methyl sites for hydroxylation is 1. The van der Waals surface area contributed by atoms with Crippen molar-refractivity contribution < 1.29 is 4.79 Å². The van der Waals surface area contributed by atoms with Crippen LogP contribution in [0.25, 0.3) is 22.5 Å². The zero-order valence-corrected chi connectivity index (χ0v) is 14.7. The molecule has 0 aliphatic heterocycles. The molecule has 5 heteroatoms. The highest BCUT2D eigenvalue weighted by molar-refractivity contribution is 5.78. The van der Waals surface area contributed by atoms with Crippen molar-refractivity contribution >= 4 is 5.91 Å². The summed E-state index contributed by atoms with van der Waals surface area (Å²) in [7, 11) is 1.59. The van der Waals surface area contributed by atoms with Crippen LogP contribution in [0.3, 0.4) is 0 Å². The van der Waals surface area contributed by atoms with E-state index >= 15 is 0 Å². The molecule has 0 fully saturated rings. The van der Waals surface area contributed by atoms with Gasteiger partial charge in [-0.05, 0) is 31.2 Å². The molecule has 0 unspecified atom stereocenters. The number of carbonyl (C=O) groups is 1. The van der Waals surface area contributed by atoms with Gasteiger partial charge in [0.25, 0.3) is 0 Å². The monoisotopic (exact) mass is 342 g/mol. The van der Waals surface area contributed by atoms with Crippen LogP contribution in [-0.2, 0) is 11.2 Å². The summed E-state index contributed by atoms with van der Waals surface area (Å²) in [6.07, 6.45) is 0.111. The molecule has 1 amide bonds. The van der Waals surface area contributed by atoms with Gasteiger partial charge >= 0.3 is 0 Å². The molecule has 1 heterocycles. The molecule has 1 N–H and O–H groups in total. The van der Waals surface area contributed by atoms with Crippen LogP contribution in [0.1, 0.15) is 17.0 Å². The highest BCUT2D eigenvalue weighted by Gasteiger charge is 2.11. The minimum Gasteiger partial charge on any atom is -0.359 e. The molecule has 0 aliphatic rings. The van der Waals surface area contributed by atoms with E-state index in [9.17, 15) is 4.79 Å². The van der Waals surface area contributed by atoms with Gasteiger partial charge in [0.2, 0.25) is 5.91 Å². The summed E-state index contributed by atoms with van der Waals surface area (Å²) < 4.78 is 0. The van der Waals surface area contributed by atoms with Crippen molar-refractivity contribution in [2.24, 2.45) is 0 Å². The standard InChI is InChI=1S/C21H18N4O/c1-14-4-3-5-17(10-14)19-11-18(16-8-6-15(13-22)7-9-16)24-20(25-19)12-21(26)23-2/h3-11H,12H2,1-2H3,(H,23,26). The van der Waals surface area contributed by atoms with Crippen LogP contribution in [0.2, 0.25) is 0 Å². The van der Waals surface area contributed by atoms with Gasteiger partial charge in [-0.3, -0.25) is 4.79 Å². The van der Waals surface area contributed by atoms with Gasteiger partial charge in [0.1, 0.15) is 5.82 Å². The van der Waals surface area contributed by atoms with Gasteiger partial charge in [0.05, 0.1) is 29.4 Å². The number of nitriles is 1. The normalized spacial score (nSPS) is 10.2. The Kier molecular flexibility index (Phi) is 5.04. The Labute approximate surface area is 152 Å². The maximum atomic E-state index is 11.8. The van der Waals surface area contributed by atoms with Crippen molar-refractivity contribution in [2.75, 3.05) is 7.05 Å². The summed E-state index contributed by atoms with van der Waals surface area (Å²) in [5.74, 6) is 0.319. The fraction of sp³-hybridized carbons (Fsp3) is 0.143. The Bertz CT molecular complexity index is 988. The van der Waals surface area contributed by atoms with Gasteiger partial charge < -0.3 is 5.32 Å². The second-order valence-corrected chi connectivity index (χ2v) is 5.96. The smallest absolute Gasteiger partial charge is 0.227 e. The summed E-state index contributed by atoms with van der Waals surface area (Å²) in [5, 5.41) is 11.6. The lowest BCUT2D eigenvalue weighted by molar-refractivity contribution is -0.120. The van der Waals surface area contributed by atoms with Crippen molar-refractivity contribution in [2.45, 2.75) is 13.3 Å². The molecule has 2 aromatic carbocycles. The number of hydrogen-bond donors (Lipinski definition) is 1. The van der Waals surface area contributed by atoms with E-state index in [-0.39, 0.29) is 12.3 Å². The first-order chi connectivity index (χ1) is 12.6. The Morgan fingerprint density at radius 1 is 1.04 bits per heavy atom. The van der Waals surface area contributed by atoms with E-state index in [4.69, 9.17) is 5.26 Å². The first-order valence-corrected chi connectivity index (χ1v) is 8.25. The lowest BCUT2D eigenvalue weighted by Gasteiger charge is -2.09. The molecular formula is C21H18N4O. The first kappa shape index (κ1) is 17.3. The second-order valence-electron chi connectivity index (χ2n) is 5.96. The molecule has 0 saturated carbocycles. The molecule has 3 aromatic rings. The molecular weight excluding hydrogens is 324 g/mol. The number of rotatable bonds is 4. The largest absolute Gasteiger partial charge is 0.359 e. The molecule has 3 rings (SSSR count). The molecule has 0 spiro atoms. The maximum Gasteiger partial charge on any atom is 0.227 e. The molecule has 1 aromatic heterocycles. The predicted octanol–water partition coefficient (Wildman–Crippen LogP) is 3.28. The maximum absolute atomic E-state index is 11.8. The molecule has 5 nitrogen and oxygen atoms in total. The number of nitrogens with one attached hydrogen (secondary N) is 1. The molecule has 0 saturated heterocycles. The van der Waals surface area contributed by atoms with E-state index < -0.39 is 0 Å². The molecule has 0 bridgehead atoms. The third-order valence-electron chi connectivity index (χ3n) is 3.99. The minimum atomic E-state index is -0.142. The molecule has 0 radical (unpaired) electrons.